The van der Waals surface area contributed by atoms with Crippen LogP contribution in [0.5, 0.6) is 0 Å². The number of anilines is 2. The van der Waals surface area contributed by atoms with E-state index >= 15 is 0 Å². The minimum absolute atomic E-state index is 0.168. The lowest BCUT2D eigenvalue weighted by Crippen LogP contribution is -2.22. The highest BCUT2D eigenvalue weighted by Crippen LogP contribution is 2.22. The van der Waals surface area contributed by atoms with Gasteiger partial charge in [-0.3, -0.25) is 0 Å². The Hall–Kier alpha value is -1.40. The van der Waals surface area contributed by atoms with Gasteiger partial charge in [0.05, 0.1) is 0 Å². The zero-order chi connectivity index (χ0) is 13.4. The van der Waals surface area contributed by atoms with Crippen LogP contribution in [0.4, 0.5) is 11.6 Å². The molecule has 1 unspecified atom stereocenters. The Labute approximate surface area is 108 Å². The maximum atomic E-state index is 9.01. The second-order valence-corrected chi connectivity index (χ2v) is 4.21. The number of nitrogen functional groups attached to an aromatic ring is 1. The zero-order valence-electron chi connectivity index (χ0n) is 11.1. The molecule has 6 nitrogen and oxygen atoms in total. The minimum atomic E-state index is 0.168. The lowest BCUT2D eigenvalue weighted by Gasteiger charge is -2.19. The summed E-state index contributed by atoms with van der Waals surface area (Å²) in [6.45, 7) is 4.35. The van der Waals surface area contributed by atoms with Crippen molar-refractivity contribution in [2.45, 2.75) is 45.6 Å². The molecule has 0 bridgehead atoms. The van der Waals surface area contributed by atoms with Gasteiger partial charge in [0.15, 0.2) is 0 Å². The van der Waals surface area contributed by atoms with Crippen LogP contribution < -0.4 is 16.6 Å². The molecule has 1 heterocycles. The maximum absolute atomic E-state index is 9.01. The van der Waals surface area contributed by atoms with E-state index < -0.39 is 0 Å². The highest BCUT2D eigenvalue weighted by molar-refractivity contribution is 5.57. The van der Waals surface area contributed by atoms with Crippen LogP contribution in [-0.4, -0.2) is 27.7 Å². The van der Waals surface area contributed by atoms with E-state index in [1.807, 2.05) is 0 Å². The Kier molecular flexibility index (Phi) is 6.38. The molecule has 0 aliphatic rings. The van der Waals surface area contributed by atoms with Crippen molar-refractivity contribution in [1.29, 1.82) is 0 Å². The molecule has 1 atom stereocenters. The summed E-state index contributed by atoms with van der Waals surface area (Å²) in [5.41, 5.74) is 3.60. The van der Waals surface area contributed by atoms with E-state index in [0.29, 0.717) is 12.2 Å². The summed E-state index contributed by atoms with van der Waals surface area (Å²) in [7, 11) is 0. The highest BCUT2D eigenvalue weighted by Gasteiger charge is 2.13. The Morgan fingerprint density at radius 3 is 2.61 bits per heavy atom. The van der Waals surface area contributed by atoms with Crippen molar-refractivity contribution in [2.75, 3.05) is 17.3 Å². The molecule has 0 aliphatic carbocycles. The summed E-state index contributed by atoms with van der Waals surface area (Å²) in [6.07, 6.45) is 4.98. The zero-order valence-corrected chi connectivity index (χ0v) is 11.1. The molecular weight excluding hydrogens is 230 g/mol. The Morgan fingerprint density at radius 2 is 2.06 bits per heavy atom. The standard InChI is InChI=1S/C12H23N5O/c1-3-5-10-11(14-8-15-12(10)17-13)16-9(4-2)6-7-18/h8-9,18H,3-7,13H2,1-2H3,(H2,14,15,16,17). The first kappa shape index (κ1) is 14.7. The Balaban J connectivity index is 2.92. The number of hydrogen-bond donors (Lipinski definition) is 4. The molecule has 0 aliphatic heterocycles. The average molecular weight is 253 g/mol. The number of aliphatic hydroxyl groups is 1. The quantitative estimate of drug-likeness (QED) is 0.412. The molecule has 1 aromatic rings. The lowest BCUT2D eigenvalue weighted by molar-refractivity contribution is 0.278. The molecule has 0 aromatic carbocycles. The third-order valence-electron chi connectivity index (χ3n) is 2.89. The summed E-state index contributed by atoms with van der Waals surface area (Å²) in [4.78, 5) is 8.40. The SMILES string of the molecule is CCCc1c(NN)ncnc1NC(CC)CCO. The first-order chi connectivity index (χ1) is 8.76. The van der Waals surface area contributed by atoms with Crippen LogP contribution in [0.1, 0.15) is 38.7 Å². The third kappa shape index (κ3) is 3.82. The van der Waals surface area contributed by atoms with Crippen LogP contribution in [0, 0.1) is 0 Å². The van der Waals surface area contributed by atoms with Crippen LogP contribution in [0.15, 0.2) is 6.33 Å². The molecule has 1 rings (SSSR count). The molecule has 0 saturated heterocycles. The van der Waals surface area contributed by atoms with Crippen molar-refractivity contribution >= 4 is 11.6 Å². The molecule has 0 spiro atoms. The number of nitrogens with one attached hydrogen (secondary N) is 2. The van der Waals surface area contributed by atoms with Crippen molar-refractivity contribution in [3.63, 3.8) is 0 Å². The van der Waals surface area contributed by atoms with Crippen LogP contribution in [-0.2, 0) is 6.42 Å². The summed E-state index contributed by atoms with van der Waals surface area (Å²) in [6, 6.07) is 0.214. The van der Waals surface area contributed by atoms with E-state index in [1.54, 1.807) is 0 Å². The Bertz CT molecular complexity index is 358. The number of aromatic nitrogens is 2. The molecule has 0 saturated carbocycles. The van der Waals surface area contributed by atoms with E-state index in [0.717, 1.165) is 30.6 Å². The van der Waals surface area contributed by atoms with E-state index in [2.05, 4.69) is 34.6 Å². The van der Waals surface area contributed by atoms with E-state index in [9.17, 15) is 0 Å². The average Bonchev–Trinajstić information content (AvgIpc) is 2.40. The van der Waals surface area contributed by atoms with Gasteiger partial charge in [0.2, 0.25) is 0 Å². The molecule has 102 valence electrons. The van der Waals surface area contributed by atoms with Crippen molar-refractivity contribution in [2.24, 2.45) is 5.84 Å². The van der Waals surface area contributed by atoms with E-state index in [-0.39, 0.29) is 12.6 Å². The van der Waals surface area contributed by atoms with Gasteiger partial charge in [-0.05, 0) is 19.3 Å². The van der Waals surface area contributed by atoms with Crippen molar-refractivity contribution in [3.8, 4) is 0 Å². The fraction of sp³-hybridized carbons (Fsp3) is 0.667. The normalized spacial score (nSPS) is 12.2. The van der Waals surface area contributed by atoms with Crippen LogP contribution in [0.2, 0.25) is 0 Å². The topological polar surface area (TPSA) is 96.1 Å². The fourth-order valence-corrected chi connectivity index (χ4v) is 1.88. The number of hydrogen-bond acceptors (Lipinski definition) is 6. The summed E-state index contributed by atoms with van der Waals surface area (Å²) in [5.74, 6) is 6.93. The first-order valence-corrected chi connectivity index (χ1v) is 6.44. The molecule has 5 N–H and O–H groups in total. The molecular formula is C12H23N5O. The first-order valence-electron chi connectivity index (χ1n) is 6.44. The van der Waals surface area contributed by atoms with Gasteiger partial charge in [0.1, 0.15) is 18.0 Å². The third-order valence-corrected chi connectivity index (χ3v) is 2.89. The monoisotopic (exact) mass is 253 g/mol. The van der Waals surface area contributed by atoms with Gasteiger partial charge >= 0.3 is 0 Å². The smallest absolute Gasteiger partial charge is 0.148 e. The molecule has 6 heteroatoms. The van der Waals surface area contributed by atoms with Gasteiger partial charge in [0, 0.05) is 18.2 Å². The second-order valence-electron chi connectivity index (χ2n) is 4.21. The van der Waals surface area contributed by atoms with Gasteiger partial charge in [-0.25, -0.2) is 15.8 Å². The molecule has 0 fully saturated rings. The molecule has 0 radical (unpaired) electrons. The molecule has 1 aromatic heterocycles. The largest absolute Gasteiger partial charge is 0.396 e. The number of nitrogens with zero attached hydrogens (tertiary/aromatic N) is 2. The number of rotatable bonds is 8. The summed E-state index contributed by atoms with van der Waals surface area (Å²) < 4.78 is 0. The highest BCUT2D eigenvalue weighted by atomic mass is 16.3. The molecule has 0 amide bonds. The number of nitrogens with two attached hydrogens (primary N) is 1. The van der Waals surface area contributed by atoms with E-state index in [1.165, 1.54) is 6.33 Å². The lowest BCUT2D eigenvalue weighted by atomic mass is 10.1. The second kappa shape index (κ2) is 7.84. The van der Waals surface area contributed by atoms with Crippen molar-refractivity contribution in [1.82, 2.24) is 9.97 Å². The van der Waals surface area contributed by atoms with Gasteiger partial charge in [-0.2, -0.15) is 0 Å². The summed E-state index contributed by atoms with van der Waals surface area (Å²) in [5, 5.41) is 12.4. The van der Waals surface area contributed by atoms with Crippen LogP contribution in [0.3, 0.4) is 0 Å². The summed E-state index contributed by atoms with van der Waals surface area (Å²) >= 11 is 0. The van der Waals surface area contributed by atoms with Gasteiger partial charge in [0.25, 0.3) is 0 Å². The molecule has 18 heavy (non-hydrogen) atoms. The van der Waals surface area contributed by atoms with Gasteiger partial charge in [-0.15, -0.1) is 0 Å². The van der Waals surface area contributed by atoms with Crippen molar-refractivity contribution < 1.29 is 5.11 Å². The number of hydrazine groups is 1. The van der Waals surface area contributed by atoms with Crippen LogP contribution in [0.25, 0.3) is 0 Å². The minimum Gasteiger partial charge on any atom is -0.396 e. The number of aliphatic hydroxyl groups excluding tert-OH is 1. The predicted octanol–water partition coefficient (Wildman–Crippen LogP) is 1.29. The van der Waals surface area contributed by atoms with Crippen molar-refractivity contribution in [3.05, 3.63) is 11.9 Å². The van der Waals surface area contributed by atoms with Gasteiger partial charge in [-0.1, -0.05) is 20.3 Å². The predicted molar refractivity (Wildman–Crippen MR) is 73.2 cm³/mol. The Morgan fingerprint density at radius 1 is 1.33 bits per heavy atom. The fourth-order valence-electron chi connectivity index (χ4n) is 1.88. The van der Waals surface area contributed by atoms with Crippen LogP contribution >= 0.6 is 0 Å². The van der Waals surface area contributed by atoms with Gasteiger partial charge < -0.3 is 15.8 Å². The maximum Gasteiger partial charge on any atom is 0.148 e. The van der Waals surface area contributed by atoms with E-state index in [4.69, 9.17) is 10.9 Å².